The Morgan fingerprint density at radius 2 is 1.86 bits per heavy atom. The first-order valence-electron chi connectivity index (χ1n) is 11.6. The molecule has 10 nitrogen and oxygen atoms in total. The van der Waals surface area contributed by atoms with Crippen LogP contribution in [0.25, 0.3) is 11.1 Å². The summed E-state index contributed by atoms with van der Waals surface area (Å²) in [4.78, 5) is 49.8. The standard InChI is InChI=1S/C25H26N6O4/c1-2-28-23(33)21-18(13-32)20-12-30-19(9-8-17(24(30)34)15-10-26-14-27-11-15)22(21)31(20)25(35)29-16-6-4-3-5-7-16/h3-11,14,18,20-22,32H,2,12-13H2,1H3,(H,28,33)(H,29,35)/t18-,20-,21+,22+/m1/s1. The van der Waals surface area contributed by atoms with E-state index in [9.17, 15) is 19.5 Å². The topological polar surface area (TPSA) is 129 Å². The summed E-state index contributed by atoms with van der Waals surface area (Å²) in [6.45, 7) is 2.11. The van der Waals surface area contributed by atoms with E-state index in [-0.39, 0.29) is 30.6 Å². The molecule has 4 atom stereocenters. The molecule has 2 bridgehead atoms. The fraction of sp³-hybridized carbons (Fsp3) is 0.320. The minimum Gasteiger partial charge on any atom is -0.396 e. The molecule has 5 rings (SSSR count). The maximum Gasteiger partial charge on any atom is 0.322 e. The third kappa shape index (κ3) is 3.85. The number of amides is 3. The van der Waals surface area contributed by atoms with Gasteiger partial charge in [0.15, 0.2) is 0 Å². The maximum absolute atomic E-state index is 13.5. The largest absolute Gasteiger partial charge is 0.396 e. The van der Waals surface area contributed by atoms with Gasteiger partial charge in [-0.05, 0) is 31.2 Å². The molecule has 3 aromatic rings. The first-order chi connectivity index (χ1) is 17.0. The molecule has 2 aromatic heterocycles. The molecule has 4 heterocycles. The van der Waals surface area contributed by atoms with Crippen molar-refractivity contribution in [1.29, 1.82) is 0 Å². The molecule has 0 radical (unpaired) electrons. The summed E-state index contributed by atoms with van der Waals surface area (Å²) in [6, 6.07) is 10.9. The Balaban J connectivity index is 1.61. The van der Waals surface area contributed by atoms with Crippen LogP contribution in [0.2, 0.25) is 0 Å². The average molecular weight is 475 g/mol. The number of aromatic nitrogens is 3. The average Bonchev–Trinajstić information content (AvgIpc) is 3.12. The number of nitrogens with zero attached hydrogens (tertiary/aromatic N) is 4. The Morgan fingerprint density at radius 3 is 2.54 bits per heavy atom. The monoisotopic (exact) mass is 474 g/mol. The highest BCUT2D eigenvalue weighted by atomic mass is 16.3. The molecular weight excluding hydrogens is 448 g/mol. The number of hydrogen-bond donors (Lipinski definition) is 3. The lowest BCUT2D eigenvalue weighted by atomic mass is 9.86. The summed E-state index contributed by atoms with van der Waals surface area (Å²) in [5.41, 5.74) is 1.95. The number of rotatable bonds is 5. The van der Waals surface area contributed by atoms with Gasteiger partial charge in [-0.15, -0.1) is 0 Å². The smallest absolute Gasteiger partial charge is 0.322 e. The normalized spacial score (nSPS) is 22.4. The van der Waals surface area contributed by atoms with Crippen molar-refractivity contribution in [3.8, 4) is 11.1 Å². The number of aliphatic hydroxyl groups is 1. The lowest BCUT2D eigenvalue weighted by molar-refractivity contribution is -0.127. The molecule has 0 spiro atoms. The second kappa shape index (κ2) is 9.30. The summed E-state index contributed by atoms with van der Waals surface area (Å²) in [6.07, 6.45) is 4.54. The summed E-state index contributed by atoms with van der Waals surface area (Å²) < 4.78 is 1.62. The van der Waals surface area contributed by atoms with E-state index < -0.39 is 23.9 Å². The van der Waals surface area contributed by atoms with Gasteiger partial charge in [-0.2, -0.15) is 0 Å². The number of para-hydroxylation sites is 1. The number of nitrogens with one attached hydrogen (secondary N) is 2. The van der Waals surface area contributed by atoms with Crippen molar-refractivity contribution in [2.75, 3.05) is 18.5 Å². The van der Waals surface area contributed by atoms with Gasteiger partial charge in [0, 0.05) is 55.0 Å². The van der Waals surface area contributed by atoms with Crippen molar-refractivity contribution in [2.24, 2.45) is 11.8 Å². The van der Waals surface area contributed by atoms with E-state index in [1.54, 1.807) is 46.1 Å². The second-order valence-electron chi connectivity index (χ2n) is 8.70. The molecule has 35 heavy (non-hydrogen) atoms. The highest BCUT2D eigenvalue weighted by Gasteiger charge is 2.57. The van der Waals surface area contributed by atoms with Gasteiger partial charge in [-0.1, -0.05) is 18.2 Å². The Labute approximate surface area is 201 Å². The number of carbonyl (C=O) groups is 2. The van der Waals surface area contributed by atoms with E-state index >= 15 is 0 Å². The van der Waals surface area contributed by atoms with Crippen molar-refractivity contribution in [3.63, 3.8) is 0 Å². The van der Waals surface area contributed by atoms with Gasteiger partial charge < -0.3 is 25.2 Å². The molecule has 180 valence electrons. The predicted molar refractivity (Wildman–Crippen MR) is 128 cm³/mol. The first-order valence-corrected chi connectivity index (χ1v) is 11.6. The Kier molecular flexibility index (Phi) is 6.04. The zero-order chi connectivity index (χ0) is 24.5. The quantitative estimate of drug-likeness (QED) is 0.516. The molecule has 1 aromatic carbocycles. The van der Waals surface area contributed by atoms with Gasteiger partial charge in [-0.25, -0.2) is 14.8 Å². The molecule has 0 saturated carbocycles. The number of anilines is 1. The van der Waals surface area contributed by atoms with Crippen molar-refractivity contribution < 1.29 is 14.7 Å². The fourth-order valence-electron chi connectivity index (χ4n) is 5.34. The van der Waals surface area contributed by atoms with Gasteiger partial charge in [-0.3, -0.25) is 9.59 Å². The molecule has 3 amide bonds. The van der Waals surface area contributed by atoms with Crippen LogP contribution in [0.15, 0.2) is 66.0 Å². The molecule has 2 aliphatic rings. The molecule has 0 unspecified atom stereocenters. The van der Waals surface area contributed by atoms with Crippen LogP contribution >= 0.6 is 0 Å². The van der Waals surface area contributed by atoms with Crippen LogP contribution in [0, 0.1) is 11.8 Å². The Hall–Kier alpha value is -4.05. The van der Waals surface area contributed by atoms with Gasteiger partial charge >= 0.3 is 6.03 Å². The number of pyridine rings is 1. The summed E-state index contributed by atoms with van der Waals surface area (Å²) in [5, 5.41) is 16.1. The van der Waals surface area contributed by atoms with Crippen molar-refractivity contribution in [3.05, 3.63) is 77.2 Å². The van der Waals surface area contributed by atoms with Crippen molar-refractivity contribution in [1.82, 2.24) is 24.8 Å². The highest BCUT2D eigenvalue weighted by Crippen LogP contribution is 2.48. The second-order valence-corrected chi connectivity index (χ2v) is 8.70. The molecule has 2 aliphatic heterocycles. The molecule has 1 saturated heterocycles. The third-order valence-corrected chi connectivity index (χ3v) is 6.83. The van der Waals surface area contributed by atoms with E-state index in [1.807, 2.05) is 25.1 Å². The SMILES string of the molecule is CCNC(=O)[C@H]1[C@H](CO)[C@H]2Cn3c(ccc(-c4cncnc4)c3=O)[C@@H]1N2C(=O)Nc1ccccc1. The van der Waals surface area contributed by atoms with E-state index in [2.05, 4.69) is 20.6 Å². The summed E-state index contributed by atoms with van der Waals surface area (Å²) >= 11 is 0. The van der Waals surface area contributed by atoms with Gasteiger partial charge in [0.2, 0.25) is 5.91 Å². The van der Waals surface area contributed by atoms with Gasteiger partial charge in [0.1, 0.15) is 6.33 Å². The fourth-order valence-corrected chi connectivity index (χ4v) is 5.34. The van der Waals surface area contributed by atoms with Crippen molar-refractivity contribution in [2.45, 2.75) is 25.6 Å². The van der Waals surface area contributed by atoms with Gasteiger partial charge in [0.05, 0.1) is 23.6 Å². The lowest BCUT2D eigenvalue weighted by Crippen LogP contribution is -2.50. The zero-order valence-corrected chi connectivity index (χ0v) is 19.2. The summed E-state index contributed by atoms with van der Waals surface area (Å²) in [5.74, 6) is -1.49. The number of urea groups is 1. The highest BCUT2D eigenvalue weighted by molar-refractivity contribution is 5.91. The number of benzene rings is 1. The van der Waals surface area contributed by atoms with Crippen molar-refractivity contribution >= 4 is 17.6 Å². The Morgan fingerprint density at radius 1 is 1.11 bits per heavy atom. The van der Waals surface area contributed by atoms with Gasteiger partial charge in [0.25, 0.3) is 5.56 Å². The third-order valence-electron chi connectivity index (χ3n) is 6.83. The van der Waals surface area contributed by atoms with Crippen LogP contribution < -0.4 is 16.2 Å². The van der Waals surface area contributed by atoms with E-state index in [0.29, 0.717) is 29.1 Å². The number of fused-ring (bicyclic) bond motifs is 4. The van der Waals surface area contributed by atoms with E-state index in [4.69, 9.17) is 0 Å². The predicted octanol–water partition coefficient (Wildman–Crippen LogP) is 1.64. The van der Waals surface area contributed by atoms with Crippen LogP contribution in [-0.2, 0) is 11.3 Å². The zero-order valence-electron chi connectivity index (χ0n) is 19.2. The van der Waals surface area contributed by atoms with Crippen LogP contribution in [0.4, 0.5) is 10.5 Å². The number of hydrogen-bond acceptors (Lipinski definition) is 6. The summed E-state index contributed by atoms with van der Waals surface area (Å²) in [7, 11) is 0. The minimum absolute atomic E-state index is 0.162. The Bertz CT molecular complexity index is 1300. The molecular formula is C25H26N6O4. The van der Waals surface area contributed by atoms with Crippen LogP contribution in [0.1, 0.15) is 18.7 Å². The van der Waals surface area contributed by atoms with Crippen LogP contribution in [-0.4, -0.2) is 55.7 Å². The van der Waals surface area contributed by atoms with Crippen LogP contribution in [0.5, 0.6) is 0 Å². The maximum atomic E-state index is 13.5. The molecule has 0 aliphatic carbocycles. The van der Waals surface area contributed by atoms with Crippen LogP contribution in [0.3, 0.4) is 0 Å². The molecule has 1 fully saturated rings. The lowest BCUT2D eigenvalue weighted by Gasteiger charge is -2.38. The minimum atomic E-state index is -0.713. The molecule has 10 heteroatoms. The van der Waals surface area contributed by atoms with E-state index in [0.717, 1.165) is 0 Å². The number of carbonyl (C=O) groups excluding carboxylic acids is 2. The number of aliphatic hydroxyl groups excluding tert-OH is 1. The molecule has 3 N–H and O–H groups in total. The van der Waals surface area contributed by atoms with E-state index in [1.165, 1.54) is 6.33 Å². The first kappa shape index (κ1) is 22.7.